The number of benzene rings is 1. The van der Waals surface area contributed by atoms with Crippen molar-refractivity contribution in [3.05, 3.63) is 60.4 Å². The first-order chi connectivity index (χ1) is 13.7. The Morgan fingerprint density at radius 3 is 2.39 bits per heavy atom. The average Bonchev–Trinajstić information content (AvgIpc) is 2.75. The Balaban J connectivity index is 1.87. The van der Waals surface area contributed by atoms with Gasteiger partial charge in [0.2, 0.25) is 5.88 Å². The van der Waals surface area contributed by atoms with E-state index in [1.54, 1.807) is 18.5 Å². The molecule has 0 atom stereocenters. The lowest BCUT2D eigenvalue weighted by atomic mass is 9.98. The Labute approximate surface area is 163 Å². The Morgan fingerprint density at radius 2 is 1.71 bits per heavy atom. The van der Waals surface area contributed by atoms with E-state index >= 15 is 0 Å². The van der Waals surface area contributed by atoms with E-state index in [0.717, 1.165) is 25.7 Å². The summed E-state index contributed by atoms with van der Waals surface area (Å²) in [7, 11) is 0. The predicted molar refractivity (Wildman–Crippen MR) is 105 cm³/mol. The number of rotatable bonds is 5. The topological polar surface area (TPSA) is 85.2 Å². The van der Waals surface area contributed by atoms with Crippen molar-refractivity contribution in [3.63, 3.8) is 0 Å². The van der Waals surface area contributed by atoms with E-state index in [1.807, 2.05) is 36.4 Å². The summed E-state index contributed by atoms with van der Waals surface area (Å²) in [4.78, 5) is 25.3. The van der Waals surface area contributed by atoms with E-state index < -0.39 is 5.97 Å². The van der Waals surface area contributed by atoms with Gasteiger partial charge in [-0.3, -0.25) is 4.98 Å². The van der Waals surface area contributed by atoms with Gasteiger partial charge in [0.05, 0.1) is 5.69 Å². The molecular formula is C22H21N3O3. The maximum absolute atomic E-state index is 12.1. The van der Waals surface area contributed by atoms with Gasteiger partial charge in [0.1, 0.15) is 11.7 Å². The minimum atomic E-state index is -1.10. The highest BCUT2D eigenvalue weighted by Crippen LogP contribution is 2.33. The largest absolute Gasteiger partial charge is 0.477 e. The summed E-state index contributed by atoms with van der Waals surface area (Å²) >= 11 is 0. The molecule has 0 amide bonds. The molecule has 0 saturated heterocycles. The van der Waals surface area contributed by atoms with Crippen LogP contribution in [0.4, 0.5) is 0 Å². The van der Waals surface area contributed by atoms with Gasteiger partial charge in [0.25, 0.3) is 0 Å². The molecule has 6 nitrogen and oxygen atoms in total. The third kappa shape index (κ3) is 3.86. The predicted octanol–water partition coefficient (Wildman–Crippen LogP) is 4.62. The lowest BCUT2D eigenvalue weighted by Gasteiger charge is -2.24. The second-order valence-electron chi connectivity index (χ2n) is 6.87. The molecule has 28 heavy (non-hydrogen) atoms. The van der Waals surface area contributed by atoms with E-state index in [1.165, 1.54) is 6.42 Å². The van der Waals surface area contributed by atoms with Crippen molar-refractivity contribution < 1.29 is 14.6 Å². The molecule has 2 aromatic heterocycles. The maximum Gasteiger partial charge on any atom is 0.343 e. The van der Waals surface area contributed by atoms with Gasteiger partial charge in [-0.25, -0.2) is 9.78 Å². The number of ether oxygens (including phenoxy) is 1. The lowest BCUT2D eigenvalue weighted by molar-refractivity contribution is 0.0684. The molecule has 4 rings (SSSR count). The third-order valence-corrected chi connectivity index (χ3v) is 4.89. The first kappa shape index (κ1) is 18.1. The van der Waals surface area contributed by atoms with Crippen molar-refractivity contribution >= 4 is 5.97 Å². The van der Waals surface area contributed by atoms with E-state index in [2.05, 4.69) is 15.0 Å². The van der Waals surface area contributed by atoms with Crippen LogP contribution in [0.15, 0.2) is 54.9 Å². The van der Waals surface area contributed by atoms with Crippen LogP contribution in [0.1, 0.15) is 42.5 Å². The van der Waals surface area contributed by atoms with Gasteiger partial charge in [-0.05, 0) is 37.8 Å². The van der Waals surface area contributed by atoms with E-state index in [4.69, 9.17) is 4.74 Å². The van der Waals surface area contributed by atoms with Crippen LogP contribution in [0.25, 0.3) is 22.6 Å². The van der Waals surface area contributed by atoms with Gasteiger partial charge in [0, 0.05) is 23.5 Å². The first-order valence-corrected chi connectivity index (χ1v) is 9.50. The van der Waals surface area contributed by atoms with Gasteiger partial charge in [-0.15, -0.1) is 0 Å². The summed E-state index contributed by atoms with van der Waals surface area (Å²) in [6.07, 6.45) is 8.48. The van der Waals surface area contributed by atoms with Crippen LogP contribution in [-0.4, -0.2) is 32.1 Å². The van der Waals surface area contributed by atoms with Crippen molar-refractivity contribution in [2.24, 2.45) is 0 Å². The van der Waals surface area contributed by atoms with Crippen LogP contribution < -0.4 is 4.74 Å². The summed E-state index contributed by atoms with van der Waals surface area (Å²) in [5.41, 5.74) is 1.78. The molecule has 6 heteroatoms. The fourth-order valence-corrected chi connectivity index (χ4v) is 3.49. The summed E-state index contributed by atoms with van der Waals surface area (Å²) in [5, 5.41) is 9.93. The highest BCUT2D eigenvalue weighted by Gasteiger charge is 2.26. The fraction of sp³-hybridized carbons (Fsp3) is 0.273. The van der Waals surface area contributed by atoms with Crippen molar-refractivity contribution in [1.82, 2.24) is 15.0 Å². The number of aromatic carboxylic acids is 1. The molecule has 1 aliphatic rings. The number of carboxylic acids is 1. The van der Waals surface area contributed by atoms with Crippen molar-refractivity contribution in [1.29, 1.82) is 0 Å². The summed E-state index contributed by atoms with van der Waals surface area (Å²) in [5.74, 6) is -0.558. The van der Waals surface area contributed by atoms with Gasteiger partial charge in [-0.2, -0.15) is 4.98 Å². The molecule has 1 aromatic carbocycles. The highest BCUT2D eigenvalue weighted by atomic mass is 16.5. The zero-order valence-electron chi connectivity index (χ0n) is 15.4. The zero-order chi connectivity index (χ0) is 19.3. The molecular weight excluding hydrogens is 354 g/mol. The van der Waals surface area contributed by atoms with Crippen molar-refractivity contribution in [2.45, 2.75) is 38.2 Å². The maximum atomic E-state index is 12.1. The van der Waals surface area contributed by atoms with Crippen LogP contribution in [0.3, 0.4) is 0 Å². The highest BCUT2D eigenvalue weighted by molar-refractivity contribution is 5.97. The minimum absolute atomic E-state index is 0.00409. The molecule has 1 fully saturated rings. The normalized spacial score (nSPS) is 14.6. The monoisotopic (exact) mass is 375 g/mol. The molecule has 2 heterocycles. The fourth-order valence-electron chi connectivity index (χ4n) is 3.49. The summed E-state index contributed by atoms with van der Waals surface area (Å²) in [6.45, 7) is 0. The second kappa shape index (κ2) is 8.17. The van der Waals surface area contributed by atoms with Crippen molar-refractivity contribution in [2.75, 3.05) is 0 Å². The van der Waals surface area contributed by atoms with Gasteiger partial charge in [-0.1, -0.05) is 36.8 Å². The molecule has 1 N–H and O–H groups in total. The Hall–Kier alpha value is -3.28. The van der Waals surface area contributed by atoms with E-state index in [9.17, 15) is 9.90 Å². The summed E-state index contributed by atoms with van der Waals surface area (Å²) in [6, 6.07) is 12.9. The molecule has 0 aliphatic heterocycles. The number of hydrogen-bond acceptors (Lipinski definition) is 5. The lowest BCUT2D eigenvalue weighted by Crippen LogP contribution is -2.22. The first-order valence-electron chi connectivity index (χ1n) is 9.50. The van der Waals surface area contributed by atoms with Crippen LogP contribution in [0.5, 0.6) is 5.88 Å². The molecule has 0 radical (unpaired) electrons. The molecule has 0 bridgehead atoms. The van der Waals surface area contributed by atoms with E-state index in [0.29, 0.717) is 22.6 Å². The van der Waals surface area contributed by atoms with Gasteiger partial charge < -0.3 is 9.84 Å². The number of carboxylic acid groups (broad SMARTS) is 1. The van der Waals surface area contributed by atoms with Crippen LogP contribution in [0, 0.1) is 0 Å². The van der Waals surface area contributed by atoms with Crippen LogP contribution in [0.2, 0.25) is 0 Å². The standard InChI is InChI=1S/C22H21N3O3/c26-22(27)18-19(15-8-3-1-4-9-15)24-20(16-10-7-13-23-14-16)25-21(18)28-17-11-5-2-6-12-17/h1,3-4,7-10,13-14,17H,2,5-6,11-12H2,(H,26,27). The SMILES string of the molecule is O=C(O)c1c(OC2CCCCC2)nc(-c2cccnc2)nc1-c1ccccc1. The molecule has 3 aromatic rings. The number of aromatic nitrogens is 3. The molecule has 142 valence electrons. The van der Waals surface area contributed by atoms with Crippen LogP contribution >= 0.6 is 0 Å². The van der Waals surface area contributed by atoms with Gasteiger partial charge in [0.15, 0.2) is 5.82 Å². The van der Waals surface area contributed by atoms with Gasteiger partial charge >= 0.3 is 5.97 Å². The number of nitrogens with zero attached hydrogens (tertiary/aromatic N) is 3. The molecule has 1 saturated carbocycles. The minimum Gasteiger partial charge on any atom is -0.477 e. The number of hydrogen-bond donors (Lipinski definition) is 1. The average molecular weight is 375 g/mol. The Kier molecular flexibility index (Phi) is 5.28. The quantitative estimate of drug-likeness (QED) is 0.701. The van der Waals surface area contributed by atoms with Crippen LogP contribution in [-0.2, 0) is 0 Å². The second-order valence-corrected chi connectivity index (χ2v) is 6.87. The summed E-state index contributed by atoms with van der Waals surface area (Å²) < 4.78 is 6.12. The zero-order valence-corrected chi connectivity index (χ0v) is 15.4. The van der Waals surface area contributed by atoms with Crippen molar-refractivity contribution in [3.8, 4) is 28.5 Å². The third-order valence-electron chi connectivity index (χ3n) is 4.89. The number of carbonyl (C=O) groups is 1. The Morgan fingerprint density at radius 1 is 0.964 bits per heavy atom. The molecule has 0 unspecified atom stereocenters. The molecule has 1 aliphatic carbocycles. The smallest absolute Gasteiger partial charge is 0.343 e. The molecule has 0 spiro atoms. The number of pyridine rings is 1. The van der Waals surface area contributed by atoms with E-state index in [-0.39, 0.29) is 17.5 Å². The Bertz CT molecular complexity index is 956.